The van der Waals surface area contributed by atoms with Crippen LogP contribution >= 0.6 is 0 Å². The highest BCUT2D eigenvalue weighted by Gasteiger charge is 2.25. The first-order valence-electron chi connectivity index (χ1n) is 9.33. The van der Waals surface area contributed by atoms with Crippen LogP contribution in [0.5, 0.6) is 0 Å². The van der Waals surface area contributed by atoms with Crippen molar-refractivity contribution in [3.8, 4) is 0 Å². The largest absolute Gasteiger partial charge is 0.455 e. The summed E-state index contributed by atoms with van der Waals surface area (Å²) in [5, 5.41) is 11.8. The minimum absolute atomic E-state index is 0.0521. The molecule has 0 radical (unpaired) electrons. The first-order valence-corrected chi connectivity index (χ1v) is 9.33. The lowest BCUT2D eigenvalue weighted by Crippen LogP contribution is -2.35. The second kappa shape index (κ2) is 7.88. The molecule has 4 rings (SSSR count). The monoisotopic (exact) mass is 419 g/mol. The maximum Gasteiger partial charge on any atom is 0.291 e. The number of likely N-dealkylation sites (tertiary alicyclic amines) is 1. The fourth-order valence-corrected chi connectivity index (χ4v) is 3.48. The topological polar surface area (TPSA) is 122 Å². The van der Waals surface area contributed by atoms with Gasteiger partial charge in [-0.2, -0.15) is 0 Å². The van der Waals surface area contributed by atoms with Gasteiger partial charge in [-0.3, -0.25) is 14.5 Å². The molecule has 1 aliphatic heterocycles. The third kappa shape index (κ3) is 3.91. The average molecular weight is 419 g/mol. The number of carbonyl (C=O) groups excluding carboxylic acids is 2. The molecule has 0 atom stereocenters. The standard InChI is InChI=1S/C20H19F2N3O5/c21-10-7-13-16(18(19(23)27)30-17(13)14(22)8-10)24-20(28)15-2-1-12(29-15)9-25-5-3-11(26)4-6-25/h1-2,7-8,11,26H,3-6,9H2,(H2,23,27)(H,24,28). The van der Waals surface area contributed by atoms with Crippen molar-refractivity contribution in [1.82, 2.24) is 4.90 Å². The summed E-state index contributed by atoms with van der Waals surface area (Å²) in [6, 6.07) is 4.63. The number of nitrogens with zero attached hydrogens (tertiary/aromatic N) is 1. The Hall–Kier alpha value is -3.24. The van der Waals surface area contributed by atoms with Gasteiger partial charge in [0.1, 0.15) is 17.3 Å². The highest BCUT2D eigenvalue weighted by Crippen LogP contribution is 2.33. The Morgan fingerprint density at radius 1 is 1.20 bits per heavy atom. The first kappa shape index (κ1) is 20.0. The van der Waals surface area contributed by atoms with Gasteiger partial charge in [-0.25, -0.2) is 8.78 Å². The predicted molar refractivity (Wildman–Crippen MR) is 102 cm³/mol. The van der Waals surface area contributed by atoms with Crippen LogP contribution in [0.3, 0.4) is 0 Å². The molecule has 10 heteroatoms. The van der Waals surface area contributed by atoms with Crippen LogP contribution in [0.25, 0.3) is 11.0 Å². The van der Waals surface area contributed by atoms with Gasteiger partial charge in [0.15, 0.2) is 17.2 Å². The molecule has 158 valence electrons. The van der Waals surface area contributed by atoms with Crippen molar-refractivity contribution in [3.63, 3.8) is 0 Å². The average Bonchev–Trinajstić information content (AvgIpc) is 3.29. The molecule has 0 unspecified atom stereocenters. The van der Waals surface area contributed by atoms with Crippen molar-refractivity contribution in [3.05, 3.63) is 53.2 Å². The van der Waals surface area contributed by atoms with Gasteiger partial charge in [-0.1, -0.05) is 0 Å². The lowest BCUT2D eigenvalue weighted by molar-refractivity contribution is 0.0756. The van der Waals surface area contributed by atoms with E-state index in [4.69, 9.17) is 14.6 Å². The molecule has 0 bridgehead atoms. The van der Waals surface area contributed by atoms with Gasteiger partial charge in [-0.05, 0) is 31.0 Å². The Bertz CT molecular complexity index is 1120. The molecule has 3 aromatic rings. The molecule has 0 aliphatic carbocycles. The van der Waals surface area contributed by atoms with Crippen molar-refractivity contribution < 1.29 is 32.3 Å². The number of anilines is 1. The molecular formula is C20H19F2N3O5. The minimum Gasteiger partial charge on any atom is -0.455 e. The van der Waals surface area contributed by atoms with E-state index in [-0.39, 0.29) is 22.9 Å². The zero-order valence-electron chi connectivity index (χ0n) is 15.8. The SMILES string of the molecule is NC(=O)c1oc2c(F)cc(F)cc2c1NC(=O)c1ccc(CN2CCC(O)CC2)o1. The second-order valence-corrected chi connectivity index (χ2v) is 7.16. The van der Waals surface area contributed by atoms with Gasteiger partial charge in [0.2, 0.25) is 5.76 Å². The van der Waals surface area contributed by atoms with Gasteiger partial charge in [0.25, 0.3) is 11.8 Å². The molecule has 0 saturated carbocycles. The van der Waals surface area contributed by atoms with Crippen molar-refractivity contribution in [1.29, 1.82) is 0 Å². The van der Waals surface area contributed by atoms with E-state index in [2.05, 4.69) is 10.2 Å². The molecule has 0 spiro atoms. The molecule has 2 amide bonds. The Labute approximate surface area is 169 Å². The number of carbonyl (C=O) groups is 2. The Morgan fingerprint density at radius 3 is 2.63 bits per heavy atom. The number of primary amides is 1. The Balaban J connectivity index is 1.56. The van der Waals surface area contributed by atoms with Gasteiger partial charge >= 0.3 is 0 Å². The molecule has 1 aliphatic rings. The number of piperidine rings is 1. The number of furan rings is 2. The minimum atomic E-state index is -1.05. The van der Waals surface area contributed by atoms with E-state index in [0.717, 1.165) is 6.07 Å². The number of amides is 2. The lowest BCUT2D eigenvalue weighted by Gasteiger charge is -2.28. The number of hydrogen-bond donors (Lipinski definition) is 3. The predicted octanol–water partition coefficient (Wildman–Crippen LogP) is 2.61. The molecule has 4 N–H and O–H groups in total. The highest BCUT2D eigenvalue weighted by atomic mass is 19.1. The number of aliphatic hydroxyl groups is 1. The van der Waals surface area contributed by atoms with E-state index in [1.807, 2.05) is 0 Å². The third-order valence-electron chi connectivity index (χ3n) is 4.99. The molecule has 8 nitrogen and oxygen atoms in total. The summed E-state index contributed by atoms with van der Waals surface area (Å²) < 4.78 is 38.3. The Morgan fingerprint density at radius 2 is 1.93 bits per heavy atom. The summed E-state index contributed by atoms with van der Waals surface area (Å²) >= 11 is 0. The van der Waals surface area contributed by atoms with E-state index in [0.29, 0.717) is 44.3 Å². The van der Waals surface area contributed by atoms with Crippen LogP contribution < -0.4 is 11.1 Å². The summed E-state index contributed by atoms with van der Waals surface area (Å²) in [5.74, 6) is -3.72. The van der Waals surface area contributed by atoms with Crippen LogP contribution in [0.2, 0.25) is 0 Å². The maximum absolute atomic E-state index is 14.0. The van der Waals surface area contributed by atoms with Crippen LogP contribution in [-0.4, -0.2) is 41.0 Å². The smallest absolute Gasteiger partial charge is 0.291 e. The van der Waals surface area contributed by atoms with Crippen LogP contribution in [0.15, 0.2) is 33.1 Å². The number of nitrogens with one attached hydrogen (secondary N) is 1. The zero-order chi connectivity index (χ0) is 21.4. The summed E-state index contributed by atoms with van der Waals surface area (Å²) in [4.78, 5) is 26.4. The number of rotatable bonds is 5. The van der Waals surface area contributed by atoms with E-state index in [1.165, 1.54) is 6.07 Å². The second-order valence-electron chi connectivity index (χ2n) is 7.16. The van der Waals surface area contributed by atoms with E-state index in [9.17, 15) is 23.5 Å². The summed E-state index contributed by atoms with van der Waals surface area (Å²) in [7, 11) is 0. The molecule has 1 aromatic carbocycles. The molecule has 30 heavy (non-hydrogen) atoms. The van der Waals surface area contributed by atoms with Crippen LogP contribution in [0.4, 0.5) is 14.5 Å². The van der Waals surface area contributed by atoms with Gasteiger partial charge in [0, 0.05) is 19.2 Å². The number of benzene rings is 1. The zero-order valence-corrected chi connectivity index (χ0v) is 15.8. The molecule has 1 fully saturated rings. The number of halogens is 2. The number of aliphatic hydroxyl groups excluding tert-OH is 1. The molecule has 2 aromatic heterocycles. The third-order valence-corrected chi connectivity index (χ3v) is 4.99. The van der Waals surface area contributed by atoms with Crippen LogP contribution in [0, 0.1) is 11.6 Å². The van der Waals surface area contributed by atoms with Crippen LogP contribution in [0.1, 0.15) is 39.7 Å². The molecular weight excluding hydrogens is 400 g/mol. The van der Waals surface area contributed by atoms with Crippen LogP contribution in [-0.2, 0) is 6.54 Å². The normalized spacial score (nSPS) is 15.6. The van der Waals surface area contributed by atoms with Crippen molar-refractivity contribution in [2.45, 2.75) is 25.5 Å². The quantitative estimate of drug-likeness (QED) is 0.584. The number of hydrogen-bond acceptors (Lipinski definition) is 6. The van der Waals surface area contributed by atoms with E-state index >= 15 is 0 Å². The fourth-order valence-electron chi connectivity index (χ4n) is 3.48. The lowest BCUT2D eigenvalue weighted by atomic mass is 10.1. The van der Waals surface area contributed by atoms with Gasteiger partial charge in [0.05, 0.1) is 18.0 Å². The summed E-state index contributed by atoms with van der Waals surface area (Å²) in [6.45, 7) is 1.89. The maximum atomic E-state index is 14.0. The first-order chi connectivity index (χ1) is 14.3. The number of fused-ring (bicyclic) bond motifs is 1. The highest BCUT2D eigenvalue weighted by molar-refractivity contribution is 6.13. The van der Waals surface area contributed by atoms with Crippen molar-refractivity contribution in [2.75, 3.05) is 18.4 Å². The number of nitrogens with two attached hydrogens (primary N) is 1. The van der Waals surface area contributed by atoms with Gasteiger partial charge in [-0.15, -0.1) is 0 Å². The van der Waals surface area contributed by atoms with E-state index in [1.54, 1.807) is 6.07 Å². The molecule has 1 saturated heterocycles. The fraction of sp³-hybridized carbons (Fsp3) is 0.300. The van der Waals surface area contributed by atoms with Gasteiger partial charge < -0.3 is 25.0 Å². The van der Waals surface area contributed by atoms with Crippen molar-refractivity contribution in [2.24, 2.45) is 5.73 Å². The molecule has 3 heterocycles. The Kier molecular flexibility index (Phi) is 5.27. The van der Waals surface area contributed by atoms with E-state index < -0.39 is 34.8 Å². The summed E-state index contributed by atoms with van der Waals surface area (Å²) in [5.41, 5.74) is 4.62. The summed E-state index contributed by atoms with van der Waals surface area (Å²) in [6.07, 6.45) is 1.05. The van der Waals surface area contributed by atoms with Crippen molar-refractivity contribution >= 4 is 28.5 Å².